The number of rotatable bonds is 1. The summed E-state index contributed by atoms with van der Waals surface area (Å²) in [5, 5.41) is 0. The molecule has 0 aromatic carbocycles. The Balaban J connectivity index is 2.79. The zero-order chi connectivity index (χ0) is 11.9. The maximum Gasteiger partial charge on any atom is 0.0487 e. The lowest BCUT2D eigenvalue weighted by molar-refractivity contribution is 0.577. The zero-order valence-corrected chi connectivity index (χ0v) is 10.9. The van der Waals surface area contributed by atoms with Gasteiger partial charge >= 0.3 is 0 Å². The van der Waals surface area contributed by atoms with Crippen LogP contribution >= 0.6 is 0 Å². The van der Waals surface area contributed by atoms with Gasteiger partial charge in [-0.1, -0.05) is 34.6 Å². The Labute approximate surface area is 98.1 Å². The fraction of sp³-hybridized carbons (Fsp3) is 0.467. The first-order chi connectivity index (χ1) is 7.41. The third-order valence-electron chi connectivity index (χ3n) is 3.13. The van der Waals surface area contributed by atoms with E-state index in [-0.39, 0.29) is 5.41 Å². The Hall–Kier alpha value is -1.24. The quantitative estimate of drug-likeness (QED) is 0.665. The normalized spacial score (nSPS) is 12.6. The molecule has 1 heteroatoms. The van der Waals surface area contributed by atoms with Crippen molar-refractivity contribution in [1.29, 1.82) is 0 Å². The topological polar surface area (TPSA) is 4.41 Å². The third-order valence-corrected chi connectivity index (χ3v) is 3.13. The van der Waals surface area contributed by atoms with E-state index in [2.05, 4.69) is 69.6 Å². The summed E-state index contributed by atoms with van der Waals surface area (Å²) in [5.41, 5.74) is 4.52. The van der Waals surface area contributed by atoms with Crippen molar-refractivity contribution < 1.29 is 0 Å². The van der Waals surface area contributed by atoms with Gasteiger partial charge in [-0.15, -0.1) is 0 Å². The fourth-order valence-corrected chi connectivity index (χ4v) is 2.40. The van der Waals surface area contributed by atoms with Crippen LogP contribution < -0.4 is 0 Å². The van der Waals surface area contributed by atoms with Crippen LogP contribution in [-0.2, 0) is 5.41 Å². The third kappa shape index (κ3) is 1.75. The summed E-state index contributed by atoms with van der Waals surface area (Å²) in [4.78, 5) is 0. The largest absolute Gasteiger partial charge is 0.324 e. The summed E-state index contributed by atoms with van der Waals surface area (Å²) in [5.74, 6) is 0.563. The molecule has 0 spiro atoms. The van der Waals surface area contributed by atoms with Crippen molar-refractivity contribution in [1.82, 2.24) is 4.40 Å². The van der Waals surface area contributed by atoms with E-state index in [0.29, 0.717) is 5.92 Å². The SMILES string of the molecule is CC(C)c1c(C(C)(C)C)ccn2cccc12. The summed E-state index contributed by atoms with van der Waals surface area (Å²) in [6.45, 7) is 11.4. The van der Waals surface area contributed by atoms with Gasteiger partial charge in [-0.3, -0.25) is 0 Å². The molecule has 1 nitrogen and oxygen atoms in total. The summed E-state index contributed by atoms with van der Waals surface area (Å²) >= 11 is 0. The van der Waals surface area contributed by atoms with E-state index in [4.69, 9.17) is 0 Å². The van der Waals surface area contributed by atoms with Gasteiger partial charge in [0.25, 0.3) is 0 Å². The van der Waals surface area contributed by atoms with Crippen molar-refractivity contribution in [2.75, 3.05) is 0 Å². The predicted molar refractivity (Wildman–Crippen MR) is 70.2 cm³/mol. The standard InChI is InChI=1S/C15H21N/c1-11(2)14-12(15(3,4)5)8-10-16-9-6-7-13(14)16/h6-11H,1-5H3. The number of fused-ring (bicyclic) bond motifs is 1. The van der Waals surface area contributed by atoms with E-state index in [1.165, 1.54) is 16.6 Å². The van der Waals surface area contributed by atoms with Crippen LogP contribution in [0.15, 0.2) is 30.6 Å². The molecular weight excluding hydrogens is 194 g/mol. The second kappa shape index (κ2) is 3.65. The molecule has 2 aromatic heterocycles. The zero-order valence-electron chi connectivity index (χ0n) is 10.9. The molecule has 0 radical (unpaired) electrons. The minimum atomic E-state index is 0.214. The van der Waals surface area contributed by atoms with Crippen molar-refractivity contribution in [3.05, 3.63) is 41.7 Å². The average molecular weight is 215 g/mol. The molecule has 2 rings (SSSR count). The molecule has 0 N–H and O–H groups in total. The monoisotopic (exact) mass is 215 g/mol. The molecule has 2 aromatic rings. The Morgan fingerprint density at radius 3 is 2.31 bits per heavy atom. The van der Waals surface area contributed by atoms with Gasteiger partial charge in [0.2, 0.25) is 0 Å². The summed E-state index contributed by atoms with van der Waals surface area (Å²) in [7, 11) is 0. The van der Waals surface area contributed by atoms with E-state index in [0.717, 1.165) is 0 Å². The van der Waals surface area contributed by atoms with E-state index >= 15 is 0 Å². The van der Waals surface area contributed by atoms with Crippen molar-refractivity contribution in [2.45, 2.75) is 46.0 Å². The van der Waals surface area contributed by atoms with Crippen LogP contribution in [0.1, 0.15) is 51.7 Å². The molecule has 0 atom stereocenters. The van der Waals surface area contributed by atoms with E-state index < -0.39 is 0 Å². The highest BCUT2D eigenvalue weighted by Gasteiger charge is 2.21. The lowest BCUT2D eigenvalue weighted by Gasteiger charge is -2.25. The van der Waals surface area contributed by atoms with E-state index in [9.17, 15) is 0 Å². The van der Waals surface area contributed by atoms with Gasteiger partial charge in [-0.05, 0) is 40.7 Å². The molecule has 0 saturated heterocycles. The molecule has 2 heterocycles. The number of hydrogen-bond acceptors (Lipinski definition) is 0. The lowest BCUT2D eigenvalue weighted by Crippen LogP contribution is -2.16. The summed E-state index contributed by atoms with van der Waals surface area (Å²) < 4.78 is 2.21. The Kier molecular flexibility index (Phi) is 2.57. The van der Waals surface area contributed by atoms with Crippen LogP contribution in [0, 0.1) is 0 Å². The van der Waals surface area contributed by atoms with Crippen LogP contribution in [0.5, 0.6) is 0 Å². The molecule has 0 unspecified atom stereocenters. The van der Waals surface area contributed by atoms with Gasteiger partial charge in [-0.2, -0.15) is 0 Å². The summed E-state index contributed by atoms with van der Waals surface area (Å²) in [6, 6.07) is 6.60. The number of hydrogen-bond donors (Lipinski definition) is 0. The lowest BCUT2D eigenvalue weighted by atomic mass is 9.81. The average Bonchev–Trinajstić information content (AvgIpc) is 2.61. The minimum Gasteiger partial charge on any atom is -0.324 e. The maximum absolute atomic E-state index is 2.29. The first-order valence-corrected chi connectivity index (χ1v) is 6.01. The molecule has 0 aliphatic carbocycles. The Morgan fingerprint density at radius 1 is 1.06 bits per heavy atom. The Morgan fingerprint density at radius 2 is 1.75 bits per heavy atom. The molecule has 86 valence electrons. The fourth-order valence-electron chi connectivity index (χ4n) is 2.40. The number of aromatic nitrogens is 1. The molecule has 0 aliphatic rings. The molecular formula is C15H21N. The molecule has 0 saturated carbocycles. The highest BCUT2D eigenvalue weighted by molar-refractivity contribution is 5.61. The second-order valence-electron chi connectivity index (χ2n) is 5.85. The number of pyridine rings is 1. The maximum atomic E-state index is 2.29. The second-order valence-corrected chi connectivity index (χ2v) is 5.85. The highest BCUT2D eigenvalue weighted by atomic mass is 14.9. The van der Waals surface area contributed by atoms with Crippen LogP contribution in [0.4, 0.5) is 0 Å². The summed E-state index contributed by atoms with van der Waals surface area (Å²) in [6.07, 6.45) is 4.29. The van der Waals surface area contributed by atoms with Gasteiger partial charge in [-0.25, -0.2) is 0 Å². The molecule has 0 fully saturated rings. The Bertz CT molecular complexity index is 498. The highest BCUT2D eigenvalue weighted by Crippen LogP contribution is 2.33. The van der Waals surface area contributed by atoms with E-state index in [1.807, 2.05) is 0 Å². The van der Waals surface area contributed by atoms with Crippen molar-refractivity contribution in [3.8, 4) is 0 Å². The van der Waals surface area contributed by atoms with Crippen molar-refractivity contribution in [2.24, 2.45) is 0 Å². The molecule has 0 amide bonds. The molecule has 0 bridgehead atoms. The van der Waals surface area contributed by atoms with Crippen molar-refractivity contribution in [3.63, 3.8) is 0 Å². The van der Waals surface area contributed by atoms with Crippen molar-refractivity contribution >= 4 is 5.52 Å². The van der Waals surface area contributed by atoms with Crippen LogP contribution in [-0.4, -0.2) is 4.40 Å². The van der Waals surface area contributed by atoms with Gasteiger partial charge in [0.05, 0.1) is 0 Å². The van der Waals surface area contributed by atoms with Crippen LogP contribution in [0.25, 0.3) is 5.52 Å². The number of nitrogens with zero attached hydrogens (tertiary/aromatic N) is 1. The van der Waals surface area contributed by atoms with Gasteiger partial charge in [0, 0.05) is 17.9 Å². The molecule has 16 heavy (non-hydrogen) atoms. The van der Waals surface area contributed by atoms with Crippen LogP contribution in [0.3, 0.4) is 0 Å². The smallest absolute Gasteiger partial charge is 0.0487 e. The van der Waals surface area contributed by atoms with Crippen LogP contribution in [0.2, 0.25) is 0 Å². The molecule has 0 aliphatic heterocycles. The van der Waals surface area contributed by atoms with Gasteiger partial charge in [0.1, 0.15) is 0 Å². The predicted octanol–water partition coefficient (Wildman–Crippen LogP) is 4.36. The van der Waals surface area contributed by atoms with E-state index in [1.54, 1.807) is 0 Å². The first-order valence-electron chi connectivity index (χ1n) is 6.01. The van der Waals surface area contributed by atoms with Gasteiger partial charge < -0.3 is 4.40 Å². The minimum absolute atomic E-state index is 0.214. The first kappa shape index (κ1) is 11.3. The van der Waals surface area contributed by atoms with Gasteiger partial charge in [0.15, 0.2) is 0 Å².